The molecule has 1 aromatic heterocycles. The van der Waals surface area contributed by atoms with Crippen LogP contribution in [0.3, 0.4) is 0 Å². The van der Waals surface area contributed by atoms with Crippen molar-refractivity contribution in [3.05, 3.63) is 58.7 Å². The summed E-state index contributed by atoms with van der Waals surface area (Å²) in [6.07, 6.45) is 4.69. The molecule has 3 heteroatoms. The molecule has 3 nitrogen and oxygen atoms in total. The molecular weight excluding hydrogens is 246 g/mol. The molecule has 0 aliphatic carbocycles. The minimum Gasteiger partial charge on any atom is -0.307 e. The molecule has 2 aromatic rings. The highest BCUT2D eigenvalue weighted by Gasteiger charge is 2.15. The van der Waals surface area contributed by atoms with Crippen molar-refractivity contribution < 1.29 is 0 Å². The molecule has 0 aliphatic rings. The van der Waals surface area contributed by atoms with Gasteiger partial charge in [-0.05, 0) is 50.4 Å². The minimum atomic E-state index is 0.168. The van der Waals surface area contributed by atoms with Crippen LogP contribution in [0.4, 0.5) is 0 Å². The summed E-state index contributed by atoms with van der Waals surface area (Å²) in [5.74, 6) is 0.873. The molecule has 20 heavy (non-hydrogen) atoms. The van der Waals surface area contributed by atoms with Crippen LogP contribution in [0.25, 0.3) is 0 Å². The lowest BCUT2D eigenvalue weighted by molar-refractivity contribution is 0.520. The van der Waals surface area contributed by atoms with Crippen LogP contribution in [0.15, 0.2) is 30.6 Å². The number of nitrogens with one attached hydrogen (secondary N) is 1. The monoisotopic (exact) mass is 269 g/mol. The Kier molecular flexibility index (Phi) is 4.85. The Morgan fingerprint density at radius 1 is 1.05 bits per heavy atom. The number of hydrogen-bond donors (Lipinski definition) is 1. The summed E-state index contributed by atoms with van der Waals surface area (Å²) in [5.41, 5.74) is 5.08. The lowest BCUT2D eigenvalue weighted by Gasteiger charge is -2.18. The van der Waals surface area contributed by atoms with Gasteiger partial charge in [-0.1, -0.05) is 30.7 Å². The second-order valence-corrected chi connectivity index (χ2v) is 5.36. The van der Waals surface area contributed by atoms with E-state index in [0.29, 0.717) is 0 Å². The number of nitrogens with zero attached hydrogens (tertiary/aromatic N) is 2. The zero-order valence-electron chi connectivity index (χ0n) is 12.8. The first-order valence-corrected chi connectivity index (χ1v) is 7.18. The summed E-state index contributed by atoms with van der Waals surface area (Å²) in [6.45, 7) is 9.33. The molecule has 0 aliphatic heterocycles. The number of hydrogen-bond acceptors (Lipinski definition) is 3. The van der Waals surface area contributed by atoms with Gasteiger partial charge in [0.2, 0.25) is 0 Å². The molecule has 0 saturated carbocycles. The molecule has 1 atom stereocenters. The van der Waals surface area contributed by atoms with Crippen LogP contribution >= 0.6 is 0 Å². The highest BCUT2D eigenvalue weighted by Crippen LogP contribution is 2.19. The number of aryl methyl sites for hydroxylation is 3. The van der Waals surface area contributed by atoms with Gasteiger partial charge in [-0.25, -0.2) is 9.97 Å². The predicted octanol–water partition coefficient (Wildman–Crippen LogP) is 3.30. The number of rotatable bonds is 5. The van der Waals surface area contributed by atoms with Gasteiger partial charge in [0, 0.05) is 12.4 Å². The van der Waals surface area contributed by atoms with Crippen LogP contribution in [0.1, 0.15) is 41.0 Å². The second-order valence-electron chi connectivity index (χ2n) is 5.36. The SMILES string of the molecule is CCNC(Cc1cc(C)ccc1C)c1ncc(C)cn1. The lowest BCUT2D eigenvalue weighted by Crippen LogP contribution is -2.25. The molecule has 0 amide bonds. The third-order valence-corrected chi connectivity index (χ3v) is 3.49. The fourth-order valence-electron chi connectivity index (χ4n) is 2.32. The molecule has 106 valence electrons. The molecule has 1 aromatic carbocycles. The van der Waals surface area contributed by atoms with Crippen molar-refractivity contribution in [2.24, 2.45) is 0 Å². The smallest absolute Gasteiger partial charge is 0.145 e. The highest BCUT2D eigenvalue weighted by molar-refractivity contribution is 5.31. The fourth-order valence-corrected chi connectivity index (χ4v) is 2.32. The normalized spacial score (nSPS) is 12.4. The Labute approximate surface area is 121 Å². The number of aromatic nitrogens is 2. The third kappa shape index (κ3) is 3.64. The van der Waals surface area contributed by atoms with Crippen molar-refractivity contribution in [2.75, 3.05) is 6.54 Å². The summed E-state index contributed by atoms with van der Waals surface area (Å²) < 4.78 is 0. The van der Waals surface area contributed by atoms with Crippen molar-refractivity contribution in [3.8, 4) is 0 Å². The Balaban J connectivity index is 2.25. The quantitative estimate of drug-likeness (QED) is 0.905. The van der Waals surface area contributed by atoms with Crippen LogP contribution in [0, 0.1) is 20.8 Å². The van der Waals surface area contributed by atoms with Crippen molar-refractivity contribution in [1.82, 2.24) is 15.3 Å². The molecule has 2 rings (SSSR count). The summed E-state index contributed by atoms with van der Waals surface area (Å²) in [6, 6.07) is 6.77. The van der Waals surface area contributed by atoms with Gasteiger partial charge in [-0.3, -0.25) is 0 Å². The molecule has 1 N–H and O–H groups in total. The first kappa shape index (κ1) is 14.7. The zero-order chi connectivity index (χ0) is 14.5. The van der Waals surface area contributed by atoms with E-state index in [1.165, 1.54) is 16.7 Å². The van der Waals surface area contributed by atoms with Gasteiger partial charge < -0.3 is 5.32 Å². The highest BCUT2D eigenvalue weighted by atomic mass is 15.0. The van der Waals surface area contributed by atoms with E-state index in [-0.39, 0.29) is 6.04 Å². The summed E-state index contributed by atoms with van der Waals surface area (Å²) >= 11 is 0. The first-order chi connectivity index (χ1) is 9.60. The van der Waals surface area contributed by atoms with Gasteiger partial charge in [0.05, 0.1) is 6.04 Å². The van der Waals surface area contributed by atoms with Crippen molar-refractivity contribution >= 4 is 0 Å². The number of benzene rings is 1. The van der Waals surface area contributed by atoms with Crippen LogP contribution < -0.4 is 5.32 Å². The van der Waals surface area contributed by atoms with E-state index in [1.54, 1.807) is 0 Å². The fraction of sp³-hybridized carbons (Fsp3) is 0.412. The van der Waals surface area contributed by atoms with E-state index in [9.17, 15) is 0 Å². The zero-order valence-corrected chi connectivity index (χ0v) is 12.8. The molecule has 0 spiro atoms. The largest absolute Gasteiger partial charge is 0.307 e. The van der Waals surface area contributed by atoms with E-state index in [1.807, 2.05) is 19.3 Å². The maximum absolute atomic E-state index is 4.47. The van der Waals surface area contributed by atoms with Gasteiger partial charge in [0.1, 0.15) is 5.82 Å². The predicted molar refractivity (Wildman–Crippen MR) is 82.8 cm³/mol. The average Bonchev–Trinajstić information content (AvgIpc) is 2.43. The average molecular weight is 269 g/mol. The third-order valence-electron chi connectivity index (χ3n) is 3.49. The van der Waals surface area contributed by atoms with Crippen LogP contribution in [-0.2, 0) is 6.42 Å². The Bertz CT molecular complexity index is 561. The van der Waals surface area contributed by atoms with E-state index in [4.69, 9.17) is 0 Å². The van der Waals surface area contributed by atoms with Crippen LogP contribution in [-0.4, -0.2) is 16.5 Å². The van der Waals surface area contributed by atoms with Crippen LogP contribution in [0.5, 0.6) is 0 Å². The Hall–Kier alpha value is -1.74. The topological polar surface area (TPSA) is 37.8 Å². The standard InChI is InChI=1S/C17H23N3/c1-5-18-16(17-19-10-13(3)11-20-17)9-15-8-12(2)6-7-14(15)4/h6-8,10-11,16,18H,5,9H2,1-4H3. The van der Waals surface area contributed by atoms with Gasteiger partial charge in [-0.2, -0.15) is 0 Å². The van der Waals surface area contributed by atoms with Crippen molar-refractivity contribution in [2.45, 2.75) is 40.2 Å². The Morgan fingerprint density at radius 2 is 1.75 bits per heavy atom. The van der Waals surface area contributed by atoms with E-state index >= 15 is 0 Å². The molecule has 0 fully saturated rings. The van der Waals surface area contributed by atoms with Gasteiger partial charge in [-0.15, -0.1) is 0 Å². The Morgan fingerprint density at radius 3 is 2.40 bits per heavy atom. The number of likely N-dealkylation sites (N-methyl/N-ethyl adjacent to an activating group) is 1. The van der Waals surface area contributed by atoms with Gasteiger partial charge >= 0.3 is 0 Å². The molecular formula is C17H23N3. The van der Waals surface area contributed by atoms with E-state index < -0.39 is 0 Å². The summed E-state index contributed by atoms with van der Waals surface area (Å²) in [5, 5.41) is 3.49. The van der Waals surface area contributed by atoms with Gasteiger partial charge in [0.25, 0.3) is 0 Å². The molecule has 1 heterocycles. The second kappa shape index (κ2) is 6.62. The lowest BCUT2D eigenvalue weighted by atomic mass is 9.98. The summed E-state index contributed by atoms with van der Waals surface area (Å²) in [4.78, 5) is 8.94. The molecule has 0 radical (unpaired) electrons. The van der Waals surface area contributed by atoms with Crippen molar-refractivity contribution in [3.63, 3.8) is 0 Å². The van der Waals surface area contributed by atoms with Gasteiger partial charge in [0.15, 0.2) is 0 Å². The minimum absolute atomic E-state index is 0.168. The van der Waals surface area contributed by atoms with E-state index in [2.05, 4.69) is 54.3 Å². The molecule has 0 saturated heterocycles. The van der Waals surface area contributed by atoms with Crippen molar-refractivity contribution in [1.29, 1.82) is 0 Å². The molecule has 1 unspecified atom stereocenters. The maximum atomic E-state index is 4.47. The molecule has 0 bridgehead atoms. The first-order valence-electron chi connectivity index (χ1n) is 7.18. The maximum Gasteiger partial charge on any atom is 0.145 e. The van der Waals surface area contributed by atoms with E-state index in [0.717, 1.165) is 24.4 Å². The summed E-state index contributed by atoms with van der Waals surface area (Å²) in [7, 11) is 0. The van der Waals surface area contributed by atoms with Crippen LogP contribution in [0.2, 0.25) is 0 Å².